The fraction of sp³-hybridized carbons (Fsp3) is 0.471. The molecule has 132 valence electrons. The molecule has 1 saturated heterocycles. The van der Waals surface area contributed by atoms with Gasteiger partial charge in [0.05, 0.1) is 24.9 Å². The van der Waals surface area contributed by atoms with Gasteiger partial charge in [0.25, 0.3) is 0 Å². The number of halogens is 3. The van der Waals surface area contributed by atoms with Gasteiger partial charge >= 0.3 is 12.1 Å². The summed E-state index contributed by atoms with van der Waals surface area (Å²) in [6.07, 6.45) is -4.00. The monoisotopic (exact) mass is 344 g/mol. The van der Waals surface area contributed by atoms with Gasteiger partial charge in [-0.2, -0.15) is 13.2 Å². The third kappa shape index (κ3) is 4.58. The van der Waals surface area contributed by atoms with Crippen LogP contribution in [0, 0.1) is 0 Å². The molecule has 2 atom stereocenters. The average molecular weight is 344 g/mol. The number of epoxide rings is 1. The number of hydrogen-bond acceptors (Lipinski definition) is 3. The Kier molecular flexibility index (Phi) is 5.66. The van der Waals surface area contributed by atoms with Crippen LogP contribution in [0.2, 0.25) is 0 Å². The van der Waals surface area contributed by atoms with Crippen LogP contribution in [0.25, 0.3) is 6.08 Å². The highest BCUT2D eigenvalue weighted by Crippen LogP contribution is 2.37. The molecule has 0 spiro atoms. The van der Waals surface area contributed by atoms with Crippen molar-refractivity contribution in [2.45, 2.75) is 38.7 Å². The van der Waals surface area contributed by atoms with E-state index in [0.717, 1.165) is 12.1 Å². The highest BCUT2D eigenvalue weighted by molar-refractivity contribution is 5.92. The molecule has 1 aliphatic heterocycles. The zero-order chi connectivity index (χ0) is 17.9. The molecule has 7 heteroatoms. The minimum absolute atomic E-state index is 0.0116. The summed E-state index contributed by atoms with van der Waals surface area (Å²) in [5.74, 6) is -1.24. The van der Waals surface area contributed by atoms with Gasteiger partial charge in [0.1, 0.15) is 6.10 Å². The van der Waals surface area contributed by atoms with Crippen LogP contribution in [0.15, 0.2) is 23.8 Å². The molecule has 1 fully saturated rings. The van der Waals surface area contributed by atoms with Crippen molar-refractivity contribution in [3.8, 4) is 0 Å². The molecule has 0 aromatic heterocycles. The van der Waals surface area contributed by atoms with Crippen molar-refractivity contribution in [2.24, 2.45) is 0 Å². The fourth-order valence-electron chi connectivity index (χ4n) is 2.34. The maximum Gasteiger partial charge on any atom is 0.416 e. The zero-order valence-corrected chi connectivity index (χ0v) is 13.4. The molecule has 2 rings (SSSR count). The highest BCUT2D eigenvalue weighted by Gasteiger charge is 2.35. The summed E-state index contributed by atoms with van der Waals surface area (Å²) in [6.45, 7) is 4.10. The van der Waals surface area contributed by atoms with Crippen LogP contribution >= 0.6 is 0 Å². The second-order valence-corrected chi connectivity index (χ2v) is 5.57. The van der Waals surface area contributed by atoms with Crippen LogP contribution < -0.4 is 0 Å². The van der Waals surface area contributed by atoms with Gasteiger partial charge in [-0.15, -0.1) is 0 Å². The first-order valence-corrected chi connectivity index (χ1v) is 7.61. The van der Waals surface area contributed by atoms with Crippen LogP contribution in [0.1, 0.15) is 43.1 Å². The summed E-state index contributed by atoms with van der Waals surface area (Å²) in [5.41, 5.74) is -0.817. The first-order valence-electron chi connectivity index (χ1n) is 7.61. The summed E-state index contributed by atoms with van der Waals surface area (Å²) in [6, 6.07) is 3.77. The van der Waals surface area contributed by atoms with Crippen molar-refractivity contribution in [2.75, 3.05) is 13.2 Å². The first-order chi connectivity index (χ1) is 11.2. The molecule has 0 radical (unpaired) electrons. The predicted molar refractivity (Wildman–Crippen MR) is 81.5 cm³/mol. The van der Waals surface area contributed by atoms with Gasteiger partial charge in [-0.1, -0.05) is 19.1 Å². The summed E-state index contributed by atoms with van der Waals surface area (Å²) in [5, 5.41) is 9.14. The molecule has 1 aromatic carbocycles. The number of rotatable bonds is 7. The molecular weight excluding hydrogens is 325 g/mol. The standard InChI is InChI=1S/C17H19F3O4/c1-3-11(16(21)22)7-14-13(10(2)23-8-12-9-24-12)5-4-6-15(14)17(18,19)20/h4-7,10,12H,3,8-9H2,1-2H3,(H,21,22)/t10-,12+/m1/s1. The van der Waals surface area contributed by atoms with E-state index in [1.165, 1.54) is 12.1 Å². The van der Waals surface area contributed by atoms with E-state index in [9.17, 15) is 18.0 Å². The van der Waals surface area contributed by atoms with Crippen molar-refractivity contribution in [3.05, 3.63) is 40.5 Å². The van der Waals surface area contributed by atoms with Crippen LogP contribution in [0.4, 0.5) is 13.2 Å². The van der Waals surface area contributed by atoms with E-state index in [1.807, 2.05) is 0 Å². The molecule has 0 amide bonds. The van der Waals surface area contributed by atoms with E-state index in [0.29, 0.717) is 18.8 Å². The number of carboxylic acid groups (broad SMARTS) is 1. The van der Waals surface area contributed by atoms with E-state index in [2.05, 4.69) is 0 Å². The summed E-state index contributed by atoms with van der Waals surface area (Å²) >= 11 is 0. The summed E-state index contributed by atoms with van der Waals surface area (Å²) in [7, 11) is 0. The van der Waals surface area contributed by atoms with Gasteiger partial charge in [-0.3, -0.25) is 0 Å². The maximum absolute atomic E-state index is 13.3. The van der Waals surface area contributed by atoms with Crippen LogP contribution in [0.5, 0.6) is 0 Å². The van der Waals surface area contributed by atoms with E-state index >= 15 is 0 Å². The SMILES string of the molecule is CCC(=Cc1c([C@@H](C)OC[C@H]2CO2)cccc1C(F)(F)F)C(=O)O. The third-order valence-electron chi connectivity index (χ3n) is 3.79. The van der Waals surface area contributed by atoms with Crippen LogP contribution in [0.3, 0.4) is 0 Å². The van der Waals surface area contributed by atoms with Gasteiger partial charge in [0.15, 0.2) is 0 Å². The Hall–Kier alpha value is -1.86. The van der Waals surface area contributed by atoms with Crippen LogP contribution in [-0.4, -0.2) is 30.4 Å². The molecular formula is C17H19F3O4. The largest absolute Gasteiger partial charge is 0.478 e. The van der Waals surface area contributed by atoms with Gasteiger partial charge in [-0.05, 0) is 36.6 Å². The fourth-order valence-corrected chi connectivity index (χ4v) is 2.34. The smallest absolute Gasteiger partial charge is 0.416 e. The Morgan fingerprint density at radius 2 is 2.17 bits per heavy atom. The number of carboxylic acids is 1. The van der Waals surface area contributed by atoms with E-state index in [1.54, 1.807) is 13.8 Å². The summed E-state index contributed by atoms with van der Waals surface area (Å²) in [4.78, 5) is 11.2. The molecule has 0 unspecified atom stereocenters. The number of carbonyl (C=O) groups is 1. The molecule has 1 aliphatic rings. The maximum atomic E-state index is 13.3. The molecule has 1 heterocycles. The normalized spacial score (nSPS) is 19.2. The Morgan fingerprint density at radius 1 is 1.50 bits per heavy atom. The van der Waals surface area contributed by atoms with E-state index in [4.69, 9.17) is 14.6 Å². The third-order valence-corrected chi connectivity index (χ3v) is 3.79. The first kappa shape index (κ1) is 18.5. The number of aliphatic carboxylic acids is 1. The topological polar surface area (TPSA) is 59.1 Å². The van der Waals surface area contributed by atoms with Crippen LogP contribution in [-0.2, 0) is 20.4 Å². The molecule has 1 aromatic rings. The number of alkyl halides is 3. The second kappa shape index (κ2) is 7.36. The van der Waals surface area contributed by atoms with Crippen molar-refractivity contribution in [1.29, 1.82) is 0 Å². The molecule has 24 heavy (non-hydrogen) atoms. The minimum atomic E-state index is -4.58. The zero-order valence-electron chi connectivity index (χ0n) is 13.4. The average Bonchev–Trinajstić information content (AvgIpc) is 3.33. The Balaban J connectivity index is 2.46. The predicted octanol–water partition coefficient (Wildman–Crippen LogP) is 4.06. The number of hydrogen-bond donors (Lipinski definition) is 1. The van der Waals surface area contributed by atoms with Crippen molar-refractivity contribution < 1.29 is 32.5 Å². The van der Waals surface area contributed by atoms with Gasteiger partial charge in [-0.25, -0.2) is 4.79 Å². The molecule has 4 nitrogen and oxygen atoms in total. The Morgan fingerprint density at radius 3 is 2.67 bits per heavy atom. The Labute approximate surface area is 137 Å². The lowest BCUT2D eigenvalue weighted by Gasteiger charge is -2.20. The van der Waals surface area contributed by atoms with Gasteiger partial charge in [0, 0.05) is 5.57 Å². The van der Waals surface area contributed by atoms with E-state index in [-0.39, 0.29) is 23.7 Å². The quantitative estimate of drug-likeness (QED) is 0.599. The lowest BCUT2D eigenvalue weighted by molar-refractivity contribution is -0.138. The van der Waals surface area contributed by atoms with Gasteiger partial charge in [0.2, 0.25) is 0 Å². The lowest BCUT2D eigenvalue weighted by atomic mass is 9.94. The van der Waals surface area contributed by atoms with E-state index < -0.39 is 23.8 Å². The second-order valence-electron chi connectivity index (χ2n) is 5.57. The molecule has 1 N–H and O–H groups in total. The molecule has 0 aliphatic carbocycles. The molecule has 0 bridgehead atoms. The van der Waals surface area contributed by atoms with Crippen molar-refractivity contribution >= 4 is 12.0 Å². The van der Waals surface area contributed by atoms with Gasteiger partial charge < -0.3 is 14.6 Å². The highest BCUT2D eigenvalue weighted by atomic mass is 19.4. The molecule has 0 saturated carbocycles. The number of benzene rings is 1. The summed E-state index contributed by atoms with van der Waals surface area (Å²) < 4.78 is 50.6. The lowest BCUT2D eigenvalue weighted by Crippen LogP contribution is -2.13. The number of ether oxygens (including phenoxy) is 2. The van der Waals surface area contributed by atoms with Crippen molar-refractivity contribution in [3.63, 3.8) is 0 Å². The Bertz CT molecular complexity index is 633. The van der Waals surface area contributed by atoms with Crippen molar-refractivity contribution in [1.82, 2.24) is 0 Å². The minimum Gasteiger partial charge on any atom is -0.478 e.